The third-order valence-electron chi connectivity index (χ3n) is 1.67. The Morgan fingerprint density at radius 3 is 3.15 bits per heavy atom. The molecule has 0 aromatic rings. The van der Waals surface area contributed by atoms with E-state index in [0.29, 0.717) is 19.0 Å². The first-order chi connectivity index (χ1) is 6.29. The second kappa shape index (κ2) is 4.61. The summed E-state index contributed by atoms with van der Waals surface area (Å²) in [6.07, 6.45) is 1.54. The number of hydrogen-bond donors (Lipinski definition) is 1. The maximum Gasteiger partial charge on any atom is 0.254 e. The Bertz CT molecular complexity index is 238. The zero-order valence-electron chi connectivity index (χ0n) is 7.62. The van der Waals surface area contributed by atoms with Crippen molar-refractivity contribution in [3.05, 3.63) is 12.7 Å². The lowest BCUT2D eigenvalue weighted by Crippen LogP contribution is -2.45. The van der Waals surface area contributed by atoms with Crippen LogP contribution in [0.25, 0.3) is 0 Å². The molecule has 0 aromatic carbocycles. The van der Waals surface area contributed by atoms with Gasteiger partial charge in [0.15, 0.2) is 5.84 Å². The van der Waals surface area contributed by atoms with Crippen LogP contribution in [0.1, 0.15) is 0 Å². The topological polar surface area (TPSA) is 53.9 Å². The number of amides is 1. The smallest absolute Gasteiger partial charge is 0.254 e. The predicted molar refractivity (Wildman–Crippen MR) is 49.2 cm³/mol. The van der Waals surface area contributed by atoms with Crippen LogP contribution in [0.3, 0.4) is 0 Å². The van der Waals surface area contributed by atoms with Gasteiger partial charge in [0.2, 0.25) is 0 Å². The molecule has 72 valence electrons. The lowest BCUT2D eigenvalue weighted by atomic mass is 10.4. The van der Waals surface area contributed by atoms with Crippen molar-refractivity contribution in [2.75, 3.05) is 26.8 Å². The van der Waals surface area contributed by atoms with Crippen molar-refractivity contribution in [1.29, 1.82) is 0 Å². The van der Waals surface area contributed by atoms with E-state index in [9.17, 15) is 4.79 Å². The van der Waals surface area contributed by atoms with Crippen LogP contribution in [0.2, 0.25) is 0 Å². The Balaban J connectivity index is 2.71. The highest BCUT2D eigenvalue weighted by Crippen LogP contribution is 2.00. The van der Waals surface area contributed by atoms with Crippen LogP contribution < -0.4 is 5.43 Å². The summed E-state index contributed by atoms with van der Waals surface area (Å²) in [7, 11) is 1.68. The van der Waals surface area contributed by atoms with Crippen molar-refractivity contribution in [2.45, 2.75) is 0 Å². The Morgan fingerprint density at radius 1 is 1.85 bits per heavy atom. The minimum absolute atomic E-state index is 0.0832. The zero-order valence-corrected chi connectivity index (χ0v) is 7.62. The number of nitrogens with one attached hydrogen (secondary N) is 1. The van der Waals surface area contributed by atoms with Gasteiger partial charge in [0.1, 0.15) is 6.61 Å². The molecule has 1 heterocycles. The standard InChI is InChI=1S/C8H13N3O2/c1-3-7(10-9-2)11-4-5-13-6-8(11)12/h3,9H,1,4-6H2,2H3/b10-7+. The Hall–Kier alpha value is -1.36. The van der Waals surface area contributed by atoms with Crippen LogP contribution in [0.5, 0.6) is 0 Å². The SMILES string of the molecule is C=C/C(=N\NC)N1CCOCC1=O. The molecule has 0 saturated carbocycles. The Kier molecular flexibility index (Phi) is 3.45. The van der Waals surface area contributed by atoms with Crippen molar-refractivity contribution >= 4 is 11.7 Å². The lowest BCUT2D eigenvalue weighted by molar-refractivity contribution is -0.137. The van der Waals surface area contributed by atoms with E-state index in [0.717, 1.165) is 0 Å². The average molecular weight is 183 g/mol. The van der Waals surface area contributed by atoms with E-state index >= 15 is 0 Å². The molecular formula is C8H13N3O2. The number of nitrogens with zero attached hydrogens (tertiary/aromatic N) is 2. The molecule has 1 amide bonds. The monoisotopic (exact) mass is 183 g/mol. The number of amidine groups is 1. The number of ether oxygens (including phenoxy) is 1. The van der Waals surface area contributed by atoms with Crippen molar-refractivity contribution in [3.8, 4) is 0 Å². The van der Waals surface area contributed by atoms with Gasteiger partial charge in [-0.25, -0.2) is 0 Å². The lowest BCUT2D eigenvalue weighted by Gasteiger charge is -2.26. The zero-order chi connectivity index (χ0) is 9.68. The first-order valence-electron chi connectivity index (χ1n) is 4.04. The molecule has 0 atom stereocenters. The average Bonchev–Trinajstić information content (AvgIpc) is 2.16. The fraction of sp³-hybridized carbons (Fsp3) is 0.500. The second-order valence-electron chi connectivity index (χ2n) is 2.50. The number of carbonyl (C=O) groups excluding carboxylic acids is 1. The van der Waals surface area contributed by atoms with E-state index in [1.807, 2.05) is 0 Å². The van der Waals surface area contributed by atoms with Gasteiger partial charge >= 0.3 is 0 Å². The molecule has 0 radical (unpaired) electrons. The molecule has 1 rings (SSSR count). The highest BCUT2D eigenvalue weighted by molar-refractivity contribution is 6.04. The van der Waals surface area contributed by atoms with Gasteiger partial charge in [0.05, 0.1) is 13.2 Å². The summed E-state index contributed by atoms with van der Waals surface area (Å²) in [6, 6.07) is 0. The predicted octanol–water partition coefficient (Wildman–Crippen LogP) is -0.436. The Morgan fingerprint density at radius 2 is 2.62 bits per heavy atom. The van der Waals surface area contributed by atoms with Gasteiger partial charge in [0, 0.05) is 7.05 Å². The molecule has 0 aliphatic carbocycles. The molecule has 0 unspecified atom stereocenters. The molecule has 0 aromatic heterocycles. The maximum atomic E-state index is 11.3. The summed E-state index contributed by atoms with van der Waals surface area (Å²) in [5.41, 5.74) is 2.62. The molecular weight excluding hydrogens is 170 g/mol. The van der Waals surface area contributed by atoms with E-state index in [2.05, 4.69) is 17.1 Å². The molecule has 1 fully saturated rings. The molecule has 0 bridgehead atoms. The molecule has 1 N–H and O–H groups in total. The van der Waals surface area contributed by atoms with E-state index in [-0.39, 0.29) is 12.5 Å². The van der Waals surface area contributed by atoms with Gasteiger partial charge in [-0.1, -0.05) is 6.58 Å². The normalized spacial score (nSPS) is 18.7. The number of carbonyl (C=O) groups is 1. The van der Waals surface area contributed by atoms with Crippen LogP contribution in [-0.4, -0.2) is 43.4 Å². The molecule has 1 aliphatic rings. The van der Waals surface area contributed by atoms with Crippen molar-refractivity contribution in [3.63, 3.8) is 0 Å². The molecule has 5 nitrogen and oxygen atoms in total. The number of hydrogen-bond acceptors (Lipinski definition) is 4. The quantitative estimate of drug-likeness (QED) is 0.359. The third-order valence-corrected chi connectivity index (χ3v) is 1.67. The summed E-state index contributed by atoms with van der Waals surface area (Å²) in [5.74, 6) is 0.455. The second-order valence-corrected chi connectivity index (χ2v) is 2.50. The highest BCUT2D eigenvalue weighted by atomic mass is 16.5. The minimum Gasteiger partial charge on any atom is -0.370 e. The Labute approximate surface area is 77.0 Å². The molecule has 13 heavy (non-hydrogen) atoms. The molecule has 1 aliphatic heterocycles. The molecule has 5 heteroatoms. The maximum absolute atomic E-state index is 11.3. The van der Waals surface area contributed by atoms with Crippen LogP contribution in [-0.2, 0) is 9.53 Å². The van der Waals surface area contributed by atoms with Gasteiger partial charge in [0.25, 0.3) is 5.91 Å². The number of rotatable bonds is 2. The summed E-state index contributed by atoms with van der Waals surface area (Å²) < 4.78 is 4.98. The fourth-order valence-electron chi connectivity index (χ4n) is 1.09. The van der Waals surface area contributed by atoms with Crippen molar-refractivity contribution in [1.82, 2.24) is 10.3 Å². The summed E-state index contributed by atoms with van der Waals surface area (Å²) >= 11 is 0. The van der Waals surface area contributed by atoms with E-state index in [1.165, 1.54) is 0 Å². The van der Waals surface area contributed by atoms with Crippen molar-refractivity contribution < 1.29 is 9.53 Å². The van der Waals surface area contributed by atoms with Gasteiger partial charge in [-0.2, -0.15) is 5.10 Å². The van der Waals surface area contributed by atoms with E-state index in [4.69, 9.17) is 4.74 Å². The third kappa shape index (κ3) is 2.29. The van der Waals surface area contributed by atoms with Gasteiger partial charge < -0.3 is 10.2 Å². The number of hydrazone groups is 1. The first kappa shape index (κ1) is 9.73. The van der Waals surface area contributed by atoms with E-state index < -0.39 is 0 Å². The van der Waals surface area contributed by atoms with Crippen LogP contribution in [0, 0.1) is 0 Å². The fourth-order valence-corrected chi connectivity index (χ4v) is 1.09. The van der Waals surface area contributed by atoms with Crippen LogP contribution in [0.4, 0.5) is 0 Å². The summed E-state index contributed by atoms with van der Waals surface area (Å²) in [5, 5.41) is 3.91. The highest BCUT2D eigenvalue weighted by Gasteiger charge is 2.21. The first-order valence-corrected chi connectivity index (χ1v) is 4.04. The molecule has 1 saturated heterocycles. The van der Waals surface area contributed by atoms with Crippen molar-refractivity contribution in [2.24, 2.45) is 5.10 Å². The largest absolute Gasteiger partial charge is 0.370 e. The summed E-state index contributed by atoms with van der Waals surface area (Å²) in [4.78, 5) is 12.9. The van der Waals surface area contributed by atoms with Crippen LogP contribution in [0.15, 0.2) is 17.8 Å². The van der Waals surface area contributed by atoms with E-state index in [1.54, 1.807) is 18.0 Å². The minimum atomic E-state index is -0.0832. The summed E-state index contributed by atoms with van der Waals surface area (Å²) in [6.45, 7) is 4.78. The number of morpholine rings is 1. The molecule has 0 spiro atoms. The van der Waals surface area contributed by atoms with Gasteiger partial charge in [-0.05, 0) is 6.08 Å². The van der Waals surface area contributed by atoms with Gasteiger partial charge in [-0.15, -0.1) is 0 Å². The van der Waals surface area contributed by atoms with Crippen LogP contribution >= 0.6 is 0 Å². The van der Waals surface area contributed by atoms with Gasteiger partial charge in [-0.3, -0.25) is 9.69 Å².